The van der Waals surface area contributed by atoms with E-state index in [9.17, 15) is 0 Å². The van der Waals surface area contributed by atoms with Gasteiger partial charge >= 0.3 is 0 Å². The fraction of sp³-hybridized carbons (Fsp3) is 0.154. The second kappa shape index (κ2) is 5.75. The highest BCUT2D eigenvalue weighted by Gasteiger charge is 2.10. The van der Waals surface area contributed by atoms with E-state index in [2.05, 4.69) is 40.3 Å². The van der Waals surface area contributed by atoms with Gasteiger partial charge in [0.2, 0.25) is 0 Å². The summed E-state index contributed by atoms with van der Waals surface area (Å²) in [7, 11) is 0. The van der Waals surface area contributed by atoms with Gasteiger partial charge in [-0.05, 0) is 53.2 Å². The zero-order chi connectivity index (χ0) is 13.1. The fourth-order valence-electron chi connectivity index (χ4n) is 1.60. The van der Waals surface area contributed by atoms with E-state index < -0.39 is 0 Å². The van der Waals surface area contributed by atoms with Gasteiger partial charge < -0.3 is 5.32 Å². The molecule has 0 bridgehead atoms. The van der Waals surface area contributed by atoms with E-state index in [-0.39, 0.29) is 6.04 Å². The van der Waals surface area contributed by atoms with E-state index >= 15 is 0 Å². The molecule has 0 aliphatic heterocycles. The summed E-state index contributed by atoms with van der Waals surface area (Å²) in [6.45, 7) is 2.06. The smallest absolute Gasteiger partial charge is 0.101 e. The molecule has 0 aliphatic carbocycles. The molecule has 0 radical (unpaired) electrons. The molecule has 1 aromatic heterocycles. The van der Waals surface area contributed by atoms with E-state index in [1.165, 1.54) is 4.88 Å². The molecule has 5 heteroatoms. The summed E-state index contributed by atoms with van der Waals surface area (Å²) < 4.78 is 1.10. The Morgan fingerprint density at radius 3 is 2.78 bits per heavy atom. The lowest BCUT2D eigenvalue weighted by atomic mass is 10.1. The molecule has 0 fully saturated rings. The lowest BCUT2D eigenvalue weighted by Crippen LogP contribution is -2.06. The number of halogens is 2. The molecule has 0 saturated heterocycles. The van der Waals surface area contributed by atoms with Crippen LogP contribution in [0, 0.1) is 11.3 Å². The predicted octanol–water partition coefficient (Wildman–Crippen LogP) is 5.21. The Labute approximate surface area is 123 Å². The van der Waals surface area contributed by atoms with Gasteiger partial charge in [-0.3, -0.25) is 0 Å². The number of hydrogen-bond acceptors (Lipinski definition) is 3. The standard InChI is InChI=1S/C13H10BrClN2S/c1-8(12-4-5-13(14)18-12)17-11-6-10(15)3-2-9(11)7-16/h2-6,8,17H,1H3. The minimum atomic E-state index is 0.131. The maximum atomic E-state index is 9.06. The lowest BCUT2D eigenvalue weighted by molar-refractivity contribution is 0.907. The van der Waals surface area contributed by atoms with Crippen LogP contribution in [0.25, 0.3) is 0 Å². The molecule has 0 amide bonds. The largest absolute Gasteiger partial charge is 0.377 e. The van der Waals surface area contributed by atoms with Crippen molar-refractivity contribution in [2.24, 2.45) is 0 Å². The Morgan fingerprint density at radius 1 is 1.39 bits per heavy atom. The third-order valence-corrected chi connectivity index (χ3v) is 4.54. The summed E-state index contributed by atoms with van der Waals surface area (Å²) in [5.74, 6) is 0. The van der Waals surface area contributed by atoms with Gasteiger partial charge in [0.1, 0.15) is 6.07 Å². The number of nitrogens with zero attached hydrogens (tertiary/aromatic N) is 1. The molecule has 1 atom stereocenters. The van der Waals surface area contributed by atoms with Crippen molar-refractivity contribution in [1.29, 1.82) is 5.26 Å². The van der Waals surface area contributed by atoms with Crippen LogP contribution in [0.2, 0.25) is 5.02 Å². The summed E-state index contributed by atoms with van der Waals surface area (Å²) in [5.41, 5.74) is 1.36. The monoisotopic (exact) mass is 340 g/mol. The number of rotatable bonds is 3. The SMILES string of the molecule is CC(Nc1cc(Cl)ccc1C#N)c1ccc(Br)s1. The predicted molar refractivity (Wildman–Crippen MR) is 80.2 cm³/mol. The summed E-state index contributed by atoms with van der Waals surface area (Å²) in [4.78, 5) is 1.20. The molecule has 1 N–H and O–H groups in total. The first-order valence-corrected chi connectivity index (χ1v) is 7.30. The zero-order valence-electron chi connectivity index (χ0n) is 9.58. The highest BCUT2D eigenvalue weighted by Crippen LogP contribution is 2.30. The number of nitrogens with one attached hydrogen (secondary N) is 1. The number of nitriles is 1. The maximum Gasteiger partial charge on any atom is 0.101 e. The third-order valence-electron chi connectivity index (χ3n) is 2.49. The molecule has 2 nitrogen and oxygen atoms in total. The van der Waals surface area contributed by atoms with Gasteiger partial charge in [0.25, 0.3) is 0 Å². The Hall–Kier alpha value is -1.02. The average Bonchev–Trinajstić information content (AvgIpc) is 2.76. The Bertz CT molecular complexity index is 603. The molecule has 0 spiro atoms. The number of hydrogen-bond donors (Lipinski definition) is 1. The van der Waals surface area contributed by atoms with Crippen LogP contribution in [-0.4, -0.2) is 0 Å². The summed E-state index contributed by atoms with van der Waals surface area (Å²) in [6, 6.07) is 11.6. The number of benzene rings is 1. The molecule has 0 aliphatic rings. The van der Waals surface area contributed by atoms with Gasteiger partial charge in [-0.25, -0.2) is 0 Å². The van der Waals surface area contributed by atoms with E-state index in [1.54, 1.807) is 29.5 Å². The molecule has 1 unspecified atom stereocenters. The van der Waals surface area contributed by atoms with Crippen LogP contribution in [0.5, 0.6) is 0 Å². The van der Waals surface area contributed by atoms with Crippen molar-refractivity contribution in [3.63, 3.8) is 0 Å². The molecular weight excluding hydrogens is 332 g/mol. The van der Waals surface area contributed by atoms with Gasteiger partial charge in [0, 0.05) is 9.90 Å². The van der Waals surface area contributed by atoms with Crippen molar-refractivity contribution < 1.29 is 0 Å². The molecule has 0 saturated carbocycles. The highest BCUT2D eigenvalue weighted by atomic mass is 79.9. The third kappa shape index (κ3) is 3.05. The average molecular weight is 342 g/mol. The van der Waals surface area contributed by atoms with Crippen molar-refractivity contribution in [2.45, 2.75) is 13.0 Å². The van der Waals surface area contributed by atoms with E-state index in [0.717, 1.165) is 9.47 Å². The van der Waals surface area contributed by atoms with Crippen LogP contribution in [0.4, 0.5) is 5.69 Å². The normalized spacial score (nSPS) is 11.9. The van der Waals surface area contributed by atoms with Gasteiger partial charge in [0.15, 0.2) is 0 Å². The van der Waals surface area contributed by atoms with E-state index in [1.807, 2.05) is 6.07 Å². The van der Waals surface area contributed by atoms with Crippen LogP contribution >= 0.6 is 38.9 Å². The Kier molecular flexibility index (Phi) is 4.28. The van der Waals surface area contributed by atoms with Crippen LogP contribution in [-0.2, 0) is 0 Å². The van der Waals surface area contributed by atoms with E-state index in [4.69, 9.17) is 16.9 Å². The van der Waals surface area contributed by atoms with Crippen LogP contribution < -0.4 is 5.32 Å². The first-order chi connectivity index (χ1) is 8.60. The zero-order valence-corrected chi connectivity index (χ0v) is 12.7. The second-order valence-electron chi connectivity index (χ2n) is 3.81. The lowest BCUT2D eigenvalue weighted by Gasteiger charge is -2.15. The second-order valence-corrected chi connectivity index (χ2v) is 6.74. The van der Waals surface area contributed by atoms with Crippen molar-refractivity contribution in [3.8, 4) is 6.07 Å². The van der Waals surface area contributed by atoms with Crippen molar-refractivity contribution in [3.05, 3.63) is 49.6 Å². The topological polar surface area (TPSA) is 35.8 Å². The Morgan fingerprint density at radius 2 is 2.17 bits per heavy atom. The molecule has 18 heavy (non-hydrogen) atoms. The molecule has 1 heterocycles. The molecule has 2 aromatic rings. The van der Waals surface area contributed by atoms with Gasteiger partial charge in [0.05, 0.1) is 21.1 Å². The summed E-state index contributed by atoms with van der Waals surface area (Å²) in [6.07, 6.45) is 0. The van der Waals surface area contributed by atoms with Gasteiger partial charge in [-0.1, -0.05) is 11.6 Å². The van der Waals surface area contributed by atoms with E-state index in [0.29, 0.717) is 10.6 Å². The van der Waals surface area contributed by atoms with Gasteiger partial charge in [-0.15, -0.1) is 11.3 Å². The quantitative estimate of drug-likeness (QED) is 0.832. The molecule has 1 aromatic carbocycles. The van der Waals surface area contributed by atoms with Crippen LogP contribution in [0.1, 0.15) is 23.4 Å². The first-order valence-electron chi connectivity index (χ1n) is 5.31. The minimum Gasteiger partial charge on any atom is -0.377 e. The number of anilines is 1. The van der Waals surface area contributed by atoms with Gasteiger partial charge in [-0.2, -0.15) is 5.26 Å². The first kappa shape index (κ1) is 13.4. The van der Waals surface area contributed by atoms with Crippen LogP contribution in [0.3, 0.4) is 0 Å². The van der Waals surface area contributed by atoms with Crippen LogP contribution in [0.15, 0.2) is 34.1 Å². The summed E-state index contributed by atoms with van der Waals surface area (Å²) >= 11 is 11.1. The molecular formula is C13H10BrClN2S. The number of thiophene rings is 1. The molecule has 2 rings (SSSR count). The van der Waals surface area contributed by atoms with Crippen molar-refractivity contribution >= 4 is 44.6 Å². The fourth-order valence-corrected chi connectivity index (χ4v) is 3.20. The molecule has 92 valence electrons. The maximum absolute atomic E-state index is 9.06. The van der Waals surface area contributed by atoms with Crippen molar-refractivity contribution in [1.82, 2.24) is 0 Å². The summed E-state index contributed by atoms with van der Waals surface area (Å²) in [5, 5.41) is 13.0. The van der Waals surface area contributed by atoms with Crippen molar-refractivity contribution in [2.75, 3.05) is 5.32 Å². The highest BCUT2D eigenvalue weighted by molar-refractivity contribution is 9.11. The Balaban J connectivity index is 2.24. The minimum absolute atomic E-state index is 0.131.